The number of benzene rings is 1. The molecule has 1 rings (SSSR count). The highest BCUT2D eigenvalue weighted by atomic mass is 14.9. The first-order valence-corrected chi connectivity index (χ1v) is 5.10. The maximum absolute atomic E-state index is 3.97. The van der Waals surface area contributed by atoms with Gasteiger partial charge in [-0.2, -0.15) is 0 Å². The molecule has 1 N–H and O–H groups in total. The second-order valence-electron chi connectivity index (χ2n) is 3.83. The Morgan fingerprint density at radius 1 is 1.21 bits per heavy atom. The van der Waals surface area contributed by atoms with E-state index in [0.717, 1.165) is 13.0 Å². The van der Waals surface area contributed by atoms with Crippen molar-refractivity contribution in [2.24, 2.45) is 0 Å². The van der Waals surface area contributed by atoms with Gasteiger partial charge in [0, 0.05) is 12.2 Å². The van der Waals surface area contributed by atoms with Crippen molar-refractivity contribution in [1.82, 2.24) is 0 Å². The van der Waals surface area contributed by atoms with E-state index in [0.29, 0.717) is 0 Å². The van der Waals surface area contributed by atoms with Crippen LogP contribution in [-0.2, 0) is 0 Å². The summed E-state index contributed by atoms with van der Waals surface area (Å²) < 4.78 is 0. The Morgan fingerprint density at radius 2 is 1.79 bits per heavy atom. The highest BCUT2D eigenvalue weighted by Crippen LogP contribution is 2.14. The van der Waals surface area contributed by atoms with Crippen molar-refractivity contribution in [3.05, 3.63) is 41.5 Å². The Morgan fingerprint density at radius 3 is 2.29 bits per heavy atom. The van der Waals surface area contributed by atoms with Crippen LogP contribution in [0.15, 0.2) is 30.4 Å². The van der Waals surface area contributed by atoms with E-state index in [-0.39, 0.29) is 0 Å². The zero-order valence-electron chi connectivity index (χ0n) is 9.35. The van der Waals surface area contributed by atoms with Gasteiger partial charge in [-0.3, -0.25) is 0 Å². The fourth-order valence-corrected chi connectivity index (χ4v) is 1.43. The number of hydrogen-bond donors (Lipinski definition) is 1. The second-order valence-corrected chi connectivity index (χ2v) is 3.83. The first kappa shape index (κ1) is 10.8. The van der Waals surface area contributed by atoms with Gasteiger partial charge in [-0.05, 0) is 43.5 Å². The zero-order chi connectivity index (χ0) is 10.6. The number of aryl methyl sites for hydroxylation is 2. The average molecular weight is 189 g/mol. The standard InChI is InChI=1S/C13H19N/c1-5-10(2)9-14-13-7-11(3)6-12(4)8-13/h6-8,14H,2,5,9H2,1,3-4H3. The van der Waals surface area contributed by atoms with Crippen molar-refractivity contribution in [3.63, 3.8) is 0 Å². The van der Waals surface area contributed by atoms with Gasteiger partial charge in [0.2, 0.25) is 0 Å². The molecule has 0 fully saturated rings. The third-order valence-corrected chi connectivity index (χ3v) is 2.26. The summed E-state index contributed by atoms with van der Waals surface area (Å²) in [4.78, 5) is 0. The summed E-state index contributed by atoms with van der Waals surface area (Å²) in [5, 5.41) is 3.38. The minimum absolute atomic E-state index is 0.874. The molecular formula is C13H19N. The van der Waals surface area contributed by atoms with Crippen LogP contribution < -0.4 is 5.32 Å². The van der Waals surface area contributed by atoms with E-state index >= 15 is 0 Å². The predicted octanol–water partition coefficient (Wildman–Crippen LogP) is 3.68. The van der Waals surface area contributed by atoms with E-state index in [1.807, 2.05) is 0 Å². The van der Waals surface area contributed by atoms with Crippen molar-refractivity contribution >= 4 is 5.69 Å². The summed E-state index contributed by atoms with van der Waals surface area (Å²) >= 11 is 0. The molecule has 0 aromatic heterocycles. The lowest BCUT2D eigenvalue weighted by molar-refractivity contribution is 1.05. The Labute approximate surface area is 86.8 Å². The van der Waals surface area contributed by atoms with E-state index in [4.69, 9.17) is 0 Å². The van der Waals surface area contributed by atoms with Crippen LogP contribution in [0.3, 0.4) is 0 Å². The predicted molar refractivity (Wildman–Crippen MR) is 63.8 cm³/mol. The van der Waals surface area contributed by atoms with E-state index in [2.05, 4.69) is 50.9 Å². The van der Waals surface area contributed by atoms with Gasteiger partial charge in [-0.15, -0.1) is 0 Å². The molecule has 1 nitrogen and oxygen atoms in total. The fourth-order valence-electron chi connectivity index (χ4n) is 1.43. The third-order valence-electron chi connectivity index (χ3n) is 2.26. The Hall–Kier alpha value is -1.24. The summed E-state index contributed by atoms with van der Waals surface area (Å²) in [6, 6.07) is 6.51. The van der Waals surface area contributed by atoms with Gasteiger partial charge >= 0.3 is 0 Å². The SMILES string of the molecule is C=C(CC)CNc1cc(C)cc(C)c1. The second kappa shape index (κ2) is 4.85. The molecule has 0 unspecified atom stereocenters. The van der Waals surface area contributed by atoms with Crippen LogP contribution in [0, 0.1) is 13.8 Å². The number of rotatable bonds is 4. The molecule has 0 heterocycles. The highest BCUT2D eigenvalue weighted by molar-refractivity contribution is 5.49. The summed E-state index contributed by atoms with van der Waals surface area (Å²) in [5.74, 6) is 0. The van der Waals surface area contributed by atoms with E-state index in [1.165, 1.54) is 22.4 Å². The molecule has 0 aliphatic carbocycles. The Bertz CT molecular complexity index is 306. The van der Waals surface area contributed by atoms with Gasteiger partial charge in [0.25, 0.3) is 0 Å². The van der Waals surface area contributed by atoms with Gasteiger partial charge in [0.15, 0.2) is 0 Å². The molecule has 14 heavy (non-hydrogen) atoms. The quantitative estimate of drug-likeness (QED) is 0.712. The topological polar surface area (TPSA) is 12.0 Å². The highest BCUT2D eigenvalue weighted by Gasteiger charge is 1.95. The van der Waals surface area contributed by atoms with Crippen LogP contribution in [-0.4, -0.2) is 6.54 Å². The lowest BCUT2D eigenvalue weighted by atomic mass is 10.1. The van der Waals surface area contributed by atoms with Crippen molar-refractivity contribution in [3.8, 4) is 0 Å². The van der Waals surface area contributed by atoms with Gasteiger partial charge < -0.3 is 5.32 Å². The maximum Gasteiger partial charge on any atom is 0.0357 e. The Balaban J connectivity index is 2.63. The lowest BCUT2D eigenvalue weighted by Gasteiger charge is -2.09. The fraction of sp³-hybridized carbons (Fsp3) is 0.385. The van der Waals surface area contributed by atoms with Crippen LogP contribution in [0.2, 0.25) is 0 Å². The Kier molecular flexibility index (Phi) is 3.75. The van der Waals surface area contributed by atoms with Crippen LogP contribution in [0.25, 0.3) is 0 Å². The van der Waals surface area contributed by atoms with Crippen molar-refractivity contribution in [1.29, 1.82) is 0 Å². The molecule has 1 heteroatoms. The minimum atomic E-state index is 0.874. The molecule has 1 aromatic rings. The van der Waals surface area contributed by atoms with Gasteiger partial charge in [0.05, 0.1) is 0 Å². The molecule has 0 bridgehead atoms. The lowest BCUT2D eigenvalue weighted by Crippen LogP contribution is -2.03. The van der Waals surface area contributed by atoms with Crippen molar-refractivity contribution < 1.29 is 0 Å². The molecule has 0 aliphatic rings. The monoisotopic (exact) mass is 189 g/mol. The molecule has 0 spiro atoms. The smallest absolute Gasteiger partial charge is 0.0357 e. The molecule has 0 radical (unpaired) electrons. The molecule has 0 amide bonds. The molecule has 0 aliphatic heterocycles. The van der Waals surface area contributed by atoms with Crippen LogP contribution in [0.5, 0.6) is 0 Å². The molecule has 1 aromatic carbocycles. The summed E-state index contributed by atoms with van der Waals surface area (Å²) in [7, 11) is 0. The zero-order valence-corrected chi connectivity index (χ0v) is 9.35. The first-order valence-electron chi connectivity index (χ1n) is 5.10. The van der Waals surface area contributed by atoms with Crippen LogP contribution >= 0.6 is 0 Å². The molecule has 76 valence electrons. The first-order chi connectivity index (χ1) is 6.61. The summed E-state index contributed by atoms with van der Waals surface area (Å²) in [5.41, 5.74) is 5.03. The molecular weight excluding hydrogens is 170 g/mol. The molecule has 0 saturated carbocycles. The van der Waals surface area contributed by atoms with Crippen molar-refractivity contribution in [2.45, 2.75) is 27.2 Å². The normalized spacial score (nSPS) is 9.93. The summed E-state index contributed by atoms with van der Waals surface area (Å²) in [6.45, 7) is 11.2. The van der Waals surface area contributed by atoms with E-state index < -0.39 is 0 Å². The minimum Gasteiger partial charge on any atom is -0.381 e. The van der Waals surface area contributed by atoms with Gasteiger partial charge in [-0.25, -0.2) is 0 Å². The largest absolute Gasteiger partial charge is 0.381 e. The van der Waals surface area contributed by atoms with Crippen molar-refractivity contribution in [2.75, 3.05) is 11.9 Å². The van der Waals surface area contributed by atoms with Crippen LogP contribution in [0.1, 0.15) is 24.5 Å². The van der Waals surface area contributed by atoms with Gasteiger partial charge in [-0.1, -0.05) is 25.1 Å². The van der Waals surface area contributed by atoms with E-state index in [1.54, 1.807) is 0 Å². The number of hydrogen-bond acceptors (Lipinski definition) is 1. The summed E-state index contributed by atoms with van der Waals surface area (Å²) in [6.07, 6.45) is 1.04. The maximum atomic E-state index is 3.97. The average Bonchev–Trinajstić information content (AvgIpc) is 2.12. The van der Waals surface area contributed by atoms with E-state index in [9.17, 15) is 0 Å². The number of anilines is 1. The third kappa shape index (κ3) is 3.25. The van der Waals surface area contributed by atoms with Crippen LogP contribution in [0.4, 0.5) is 5.69 Å². The molecule has 0 saturated heterocycles. The number of nitrogens with one attached hydrogen (secondary N) is 1. The molecule has 0 atom stereocenters. The van der Waals surface area contributed by atoms with Gasteiger partial charge in [0.1, 0.15) is 0 Å².